The van der Waals surface area contributed by atoms with Gasteiger partial charge in [0.1, 0.15) is 0 Å². The molecular formula is C4H9NaO3S. The minimum Gasteiger partial charge on any atom is -0.748 e. The Morgan fingerprint density at radius 1 is 1.56 bits per heavy atom. The largest absolute Gasteiger partial charge is 1.00 e. The van der Waals surface area contributed by atoms with Crippen molar-refractivity contribution in [3.8, 4) is 0 Å². The molecule has 0 heterocycles. The van der Waals surface area contributed by atoms with E-state index in [-0.39, 0.29) is 29.6 Å². The Hall–Kier alpha value is 0.910. The first kappa shape index (κ1) is 12.6. The van der Waals surface area contributed by atoms with Crippen LogP contribution in [-0.4, -0.2) is 18.2 Å². The van der Waals surface area contributed by atoms with Crippen molar-refractivity contribution in [2.45, 2.75) is 25.5 Å². The van der Waals surface area contributed by atoms with E-state index in [4.69, 9.17) is 0 Å². The van der Waals surface area contributed by atoms with Crippen LogP contribution in [0.4, 0.5) is 0 Å². The van der Waals surface area contributed by atoms with E-state index >= 15 is 0 Å². The van der Waals surface area contributed by atoms with Crippen LogP contribution in [0.2, 0.25) is 0 Å². The van der Waals surface area contributed by atoms with Crippen LogP contribution in [0.15, 0.2) is 0 Å². The van der Waals surface area contributed by atoms with E-state index in [2.05, 4.69) is 0 Å². The molecule has 1 atom stereocenters. The Morgan fingerprint density at radius 2 is 1.89 bits per heavy atom. The molecule has 0 amide bonds. The molecule has 0 rings (SSSR count). The summed E-state index contributed by atoms with van der Waals surface area (Å²) in [6, 6.07) is 0. The van der Waals surface area contributed by atoms with Gasteiger partial charge in [-0.2, -0.15) is 0 Å². The van der Waals surface area contributed by atoms with Gasteiger partial charge in [-0.05, 0) is 13.3 Å². The summed E-state index contributed by atoms with van der Waals surface area (Å²) in [6.45, 7) is 3.07. The van der Waals surface area contributed by atoms with Gasteiger partial charge < -0.3 is 4.55 Å². The van der Waals surface area contributed by atoms with Crippen molar-refractivity contribution >= 4 is 10.1 Å². The zero-order chi connectivity index (χ0) is 6.78. The summed E-state index contributed by atoms with van der Waals surface area (Å²) in [6.07, 6.45) is 0.395. The van der Waals surface area contributed by atoms with Crippen molar-refractivity contribution in [3.05, 3.63) is 0 Å². The van der Waals surface area contributed by atoms with Gasteiger partial charge in [-0.1, -0.05) is 6.92 Å². The van der Waals surface area contributed by atoms with E-state index in [1.54, 1.807) is 6.92 Å². The molecule has 5 heteroatoms. The molecule has 0 aliphatic heterocycles. The SMILES string of the molecule is CC[C@H](C)S(=O)(=O)[O-].[Na+]. The first-order chi connectivity index (χ1) is 3.48. The molecule has 0 unspecified atom stereocenters. The van der Waals surface area contributed by atoms with Crippen LogP contribution in [0, 0.1) is 0 Å². The number of hydrogen-bond acceptors (Lipinski definition) is 3. The van der Waals surface area contributed by atoms with Gasteiger partial charge in [-0.3, -0.25) is 0 Å². The molecule has 0 saturated heterocycles. The van der Waals surface area contributed by atoms with Gasteiger partial charge in [0.25, 0.3) is 0 Å². The average Bonchev–Trinajstić information content (AvgIpc) is 1.62. The maximum absolute atomic E-state index is 10.0. The normalized spacial score (nSPS) is 14.1. The molecule has 9 heavy (non-hydrogen) atoms. The Morgan fingerprint density at radius 3 is 1.89 bits per heavy atom. The molecule has 0 radical (unpaired) electrons. The van der Waals surface area contributed by atoms with E-state index in [0.717, 1.165) is 0 Å². The van der Waals surface area contributed by atoms with Crippen LogP contribution < -0.4 is 29.6 Å². The topological polar surface area (TPSA) is 57.2 Å². The van der Waals surface area contributed by atoms with Gasteiger partial charge in [0.05, 0.1) is 10.1 Å². The molecule has 0 N–H and O–H groups in total. The van der Waals surface area contributed by atoms with E-state index in [1.807, 2.05) is 0 Å². The van der Waals surface area contributed by atoms with E-state index in [0.29, 0.717) is 6.42 Å². The molecule has 0 fully saturated rings. The standard InChI is InChI=1S/C4H10O3S.Na/c1-3-4(2)8(5,6)7;/h4H,3H2,1-2H3,(H,5,6,7);/q;+1/p-1/t4-;/m0./s1. The van der Waals surface area contributed by atoms with Crippen LogP contribution in [0.3, 0.4) is 0 Å². The second kappa shape index (κ2) is 4.68. The molecule has 0 aromatic rings. The van der Waals surface area contributed by atoms with Crippen molar-refractivity contribution < 1.29 is 42.5 Å². The second-order valence-corrected chi connectivity index (χ2v) is 3.50. The quantitative estimate of drug-likeness (QED) is 0.327. The third kappa shape index (κ3) is 5.36. The molecule has 3 nitrogen and oxygen atoms in total. The average molecular weight is 160 g/mol. The van der Waals surface area contributed by atoms with Crippen molar-refractivity contribution in [2.75, 3.05) is 0 Å². The Balaban J connectivity index is 0. The Bertz CT molecular complexity index is 151. The maximum atomic E-state index is 10.0. The third-order valence-corrected chi connectivity index (χ3v) is 2.39. The van der Waals surface area contributed by atoms with E-state index in [9.17, 15) is 13.0 Å². The van der Waals surface area contributed by atoms with Crippen LogP contribution in [0.25, 0.3) is 0 Å². The zero-order valence-electron chi connectivity index (χ0n) is 5.92. The molecule has 0 aromatic heterocycles. The van der Waals surface area contributed by atoms with Crippen molar-refractivity contribution in [3.63, 3.8) is 0 Å². The number of hydrogen-bond donors (Lipinski definition) is 0. The fourth-order valence-electron chi connectivity index (χ4n) is 0.204. The van der Waals surface area contributed by atoms with Gasteiger partial charge in [0.15, 0.2) is 0 Å². The van der Waals surface area contributed by atoms with Gasteiger partial charge in [-0.25, -0.2) is 8.42 Å². The molecule has 0 spiro atoms. The molecule has 0 saturated carbocycles. The summed E-state index contributed by atoms with van der Waals surface area (Å²) >= 11 is 0. The molecular weight excluding hydrogens is 151 g/mol. The summed E-state index contributed by atoms with van der Waals surface area (Å²) in [5.74, 6) is 0. The maximum Gasteiger partial charge on any atom is 1.00 e. The first-order valence-electron chi connectivity index (χ1n) is 2.43. The summed E-state index contributed by atoms with van der Waals surface area (Å²) in [4.78, 5) is 0. The van der Waals surface area contributed by atoms with E-state index < -0.39 is 15.4 Å². The monoisotopic (exact) mass is 160 g/mol. The van der Waals surface area contributed by atoms with Crippen molar-refractivity contribution in [1.82, 2.24) is 0 Å². The first-order valence-corrected chi connectivity index (χ1v) is 3.90. The minimum atomic E-state index is -4.00. The third-order valence-electron chi connectivity index (χ3n) is 1.07. The second-order valence-electron chi connectivity index (χ2n) is 1.71. The van der Waals surface area contributed by atoms with Gasteiger partial charge in [-0.15, -0.1) is 0 Å². The molecule has 0 aromatic carbocycles. The summed E-state index contributed by atoms with van der Waals surface area (Å²) in [5.41, 5.74) is 0. The fourth-order valence-corrected chi connectivity index (χ4v) is 0.612. The number of rotatable bonds is 2. The predicted octanol–water partition coefficient (Wildman–Crippen LogP) is -2.67. The van der Waals surface area contributed by atoms with Crippen LogP contribution in [0.1, 0.15) is 20.3 Å². The van der Waals surface area contributed by atoms with Crippen molar-refractivity contribution in [2.24, 2.45) is 0 Å². The Kier molecular flexibility index (Phi) is 6.54. The molecule has 50 valence electrons. The predicted molar refractivity (Wildman–Crippen MR) is 29.5 cm³/mol. The molecule has 0 aliphatic carbocycles. The van der Waals surface area contributed by atoms with Gasteiger partial charge >= 0.3 is 29.6 Å². The van der Waals surface area contributed by atoms with E-state index in [1.165, 1.54) is 6.92 Å². The van der Waals surface area contributed by atoms with Gasteiger partial charge in [0.2, 0.25) is 0 Å². The van der Waals surface area contributed by atoms with Crippen LogP contribution in [-0.2, 0) is 10.1 Å². The summed E-state index contributed by atoms with van der Waals surface area (Å²) < 4.78 is 30.0. The minimum absolute atomic E-state index is 0. The molecule has 0 aliphatic rings. The Labute approximate surface area is 77.9 Å². The zero-order valence-corrected chi connectivity index (χ0v) is 8.73. The summed E-state index contributed by atoms with van der Waals surface area (Å²) in [5, 5.41) is -0.734. The smallest absolute Gasteiger partial charge is 0.748 e. The van der Waals surface area contributed by atoms with Crippen LogP contribution in [0.5, 0.6) is 0 Å². The molecule has 0 bridgehead atoms. The summed E-state index contributed by atoms with van der Waals surface area (Å²) in [7, 11) is -4.00. The van der Waals surface area contributed by atoms with Crippen LogP contribution >= 0.6 is 0 Å². The fraction of sp³-hybridized carbons (Fsp3) is 1.00. The van der Waals surface area contributed by atoms with Gasteiger partial charge in [0, 0.05) is 5.25 Å². The van der Waals surface area contributed by atoms with Crippen molar-refractivity contribution in [1.29, 1.82) is 0 Å².